The van der Waals surface area contributed by atoms with Gasteiger partial charge in [-0.1, -0.05) is 41.9 Å². The number of rotatable bonds is 7. The quantitative estimate of drug-likeness (QED) is 0.607. The summed E-state index contributed by atoms with van der Waals surface area (Å²) in [6.07, 6.45) is 0. The van der Waals surface area contributed by atoms with E-state index in [-0.39, 0.29) is 5.82 Å². The molecule has 0 aliphatic rings. The second-order valence-electron chi connectivity index (χ2n) is 5.32. The molecule has 24 heavy (non-hydrogen) atoms. The number of para-hydroxylation sites is 1. The molecule has 0 saturated heterocycles. The molecule has 124 valence electrons. The van der Waals surface area contributed by atoms with Crippen LogP contribution in [-0.2, 0) is 19.7 Å². The molecule has 0 saturated carbocycles. The molecule has 0 bridgehead atoms. The van der Waals surface area contributed by atoms with Crippen molar-refractivity contribution in [3.63, 3.8) is 0 Å². The monoisotopic (exact) mass is 361 g/mol. The molecular formula is C19H17ClFNOS. The average molecular weight is 362 g/mol. The average Bonchev–Trinajstić information content (AvgIpc) is 3.08. The van der Waals surface area contributed by atoms with Crippen LogP contribution in [0.4, 0.5) is 4.39 Å². The molecule has 3 rings (SSSR count). The number of benzene rings is 2. The molecule has 0 unspecified atom stereocenters. The van der Waals surface area contributed by atoms with E-state index in [2.05, 4.69) is 16.8 Å². The van der Waals surface area contributed by atoms with Gasteiger partial charge < -0.3 is 10.1 Å². The lowest BCUT2D eigenvalue weighted by atomic mass is 10.2. The fourth-order valence-electron chi connectivity index (χ4n) is 2.32. The maximum absolute atomic E-state index is 13.1. The van der Waals surface area contributed by atoms with Crippen molar-refractivity contribution in [2.75, 3.05) is 0 Å². The molecule has 0 aliphatic heterocycles. The lowest BCUT2D eigenvalue weighted by Crippen LogP contribution is -2.12. The smallest absolute Gasteiger partial charge is 0.124 e. The molecule has 0 amide bonds. The van der Waals surface area contributed by atoms with Gasteiger partial charge in [-0.2, -0.15) is 0 Å². The van der Waals surface area contributed by atoms with Crippen molar-refractivity contribution in [1.82, 2.24) is 5.32 Å². The van der Waals surface area contributed by atoms with E-state index in [1.807, 2.05) is 30.3 Å². The van der Waals surface area contributed by atoms with Crippen LogP contribution in [0.5, 0.6) is 5.75 Å². The molecule has 2 nitrogen and oxygen atoms in total. The fraction of sp³-hybridized carbons (Fsp3) is 0.158. The Kier molecular flexibility index (Phi) is 5.86. The summed E-state index contributed by atoms with van der Waals surface area (Å²) in [5, 5.41) is 5.86. The summed E-state index contributed by atoms with van der Waals surface area (Å²) >= 11 is 7.78. The fourth-order valence-corrected chi connectivity index (χ4v) is 3.21. The van der Waals surface area contributed by atoms with Crippen molar-refractivity contribution in [1.29, 1.82) is 0 Å². The molecule has 1 heterocycles. The number of ether oxygens (including phenoxy) is 1. The van der Waals surface area contributed by atoms with Crippen LogP contribution < -0.4 is 10.1 Å². The SMILES string of the molecule is Fc1ccc(COc2ccccc2CNCc2cccs2)c(Cl)c1. The van der Waals surface area contributed by atoms with Crippen LogP contribution in [0, 0.1) is 5.82 Å². The maximum Gasteiger partial charge on any atom is 0.124 e. The van der Waals surface area contributed by atoms with Gasteiger partial charge in [-0.25, -0.2) is 4.39 Å². The highest BCUT2D eigenvalue weighted by Crippen LogP contribution is 2.23. The molecule has 5 heteroatoms. The molecule has 1 N–H and O–H groups in total. The predicted octanol–water partition coefficient (Wildman–Crippen LogP) is 5.41. The van der Waals surface area contributed by atoms with Crippen LogP contribution in [0.15, 0.2) is 60.0 Å². The van der Waals surface area contributed by atoms with Gasteiger partial charge in [-0.3, -0.25) is 0 Å². The van der Waals surface area contributed by atoms with Crippen LogP contribution in [0.25, 0.3) is 0 Å². The van der Waals surface area contributed by atoms with Gasteiger partial charge in [0.1, 0.15) is 18.2 Å². The Balaban J connectivity index is 1.61. The Morgan fingerprint density at radius 3 is 2.67 bits per heavy atom. The molecule has 1 aromatic heterocycles. The van der Waals surface area contributed by atoms with E-state index in [4.69, 9.17) is 16.3 Å². The molecule has 0 radical (unpaired) electrons. The van der Waals surface area contributed by atoms with Crippen molar-refractivity contribution in [3.05, 3.63) is 86.8 Å². The van der Waals surface area contributed by atoms with Gasteiger partial charge in [-0.15, -0.1) is 11.3 Å². The van der Waals surface area contributed by atoms with Crippen LogP contribution in [0.1, 0.15) is 16.0 Å². The molecule has 2 aromatic carbocycles. The van der Waals surface area contributed by atoms with Gasteiger partial charge in [0.25, 0.3) is 0 Å². The van der Waals surface area contributed by atoms with Crippen molar-refractivity contribution in [2.45, 2.75) is 19.7 Å². The van der Waals surface area contributed by atoms with Gasteiger partial charge in [0, 0.05) is 29.1 Å². The van der Waals surface area contributed by atoms with Crippen LogP contribution >= 0.6 is 22.9 Å². The molecule has 0 aliphatic carbocycles. The summed E-state index contributed by atoms with van der Waals surface area (Å²) in [4.78, 5) is 1.30. The summed E-state index contributed by atoms with van der Waals surface area (Å²) in [5.74, 6) is 0.457. The Morgan fingerprint density at radius 1 is 1.00 bits per heavy atom. The third-order valence-electron chi connectivity index (χ3n) is 3.57. The van der Waals surface area contributed by atoms with E-state index in [1.165, 1.54) is 17.0 Å². The van der Waals surface area contributed by atoms with Gasteiger partial charge in [0.15, 0.2) is 0 Å². The van der Waals surface area contributed by atoms with E-state index in [0.717, 1.165) is 23.4 Å². The van der Waals surface area contributed by atoms with Gasteiger partial charge in [-0.05, 0) is 29.6 Å². The van der Waals surface area contributed by atoms with Crippen LogP contribution in [0.2, 0.25) is 5.02 Å². The highest BCUT2D eigenvalue weighted by molar-refractivity contribution is 7.09. The first-order valence-corrected chi connectivity index (χ1v) is 8.86. The van der Waals surface area contributed by atoms with E-state index in [9.17, 15) is 4.39 Å². The largest absolute Gasteiger partial charge is 0.489 e. The summed E-state index contributed by atoms with van der Waals surface area (Å²) in [7, 11) is 0. The standard InChI is InChI=1S/C19H17ClFNOS/c20-18-10-16(21)8-7-15(18)13-23-19-6-2-1-4-14(19)11-22-12-17-5-3-9-24-17/h1-10,22H,11-13H2. The van der Waals surface area contributed by atoms with E-state index < -0.39 is 0 Å². The van der Waals surface area contributed by atoms with Gasteiger partial charge in [0.2, 0.25) is 0 Å². The van der Waals surface area contributed by atoms with Crippen molar-refractivity contribution < 1.29 is 9.13 Å². The number of halogens is 2. The first-order valence-electron chi connectivity index (χ1n) is 7.60. The molecule has 0 atom stereocenters. The Bertz CT molecular complexity index is 792. The zero-order valence-corrected chi connectivity index (χ0v) is 14.5. The van der Waals surface area contributed by atoms with E-state index in [0.29, 0.717) is 18.2 Å². The topological polar surface area (TPSA) is 21.3 Å². The molecule has 3 aromatic rings. The van der Waals surface area contributed by atoms with Crippen molar-refractivity contribution >= 4 is 22.9 Å². The molecule has 0 spiro atoms. The van der Waals surface area contributed by atoms with Crippen molar-refractivity contribution in [3.8, 4) is 5.75 Å². The van der Waals surface area contributed by atoms with Crippen LogP contribution in [0.3, 0.4) is 0 Å². The molecular weight excluding hydrogens is 345 g/mol. The second-order valence-corrected chi connectivity index (χ2v) is 6.75. The first-order chi connectivity index (χ1) is 11.7. The maximum atomic E-state index is 13.1. The minimum atomic E-state index is -0.345. The van der Waals surface area contributed by atoms with Crippen LogP contribution in [-0.4, -0.2) is 0 Å². The number of thiophene rings is 1. The Morgan fingerprint density at radius 2 is 1.88 bits per heavy atom. The number of nitrogens with one attached hydrogen (secondary N) is 1. The third kappa shape index (κ3) is 4.57. The predicted molar refractivity (Wildman–Crippen MR) is 97.0 cm³/mol. The highest BCUT2D eigenvalue weighted by Gasteiger charge is 2.06. The second kappa shape index (κ2) is 8.29. The Labute approximate surface area is 149 Å². The number of hydrogen-bond donors (Lipinski definition) is 1. The van der Waals surface area contributed by atoms with E-state index in [1.54, 1.807) is 17.4 Å². The zero-order valence-electron chi connectivity index (χ0n) is 13.0. The Hall–Kier alpha value is -1.88. The zero-order chi connectivity index (χ0) is 16.8. The van der Waals surface area contributed by atoms with Crippen molar-refractivity contribution in [2.24, 2.45) is 0 Å². The lowest BCUT2D eigenvalue weighted by molar-refractivity contribution is 0.302. The van der Waals surface area contributed by atoms with Gasteiger partial charge in [0.05, 0.1) is 5.02 Å². The highest BCUT2D eigenvalue weighted by atomic mass is 35.5. The minimum absolute atomic E-state index is 0.307. The molecule has 0 fully saturated rings. The normalized spacial score (nSPS) is 10.8. The summed E-state index contributed by atoms with van der Waals surface area (Å²) in [6, 6.07) is 16.4. The summed E-state index contributed by atoms with van der Waals surface area (Å²) < 4.78 is 19.0. The van der Waals surface area contributed by atoms with Gasteiger partial charge >= 0.3 is 0 Å². The number of hydrogen-bond acceptors (Lipinski definition) is 3. The minimum Gasteiger partial charge on any atom is -0.489 e. The summed E-state index contributed by atoms with van der Waals surface area (Å²) in [6.45, 7) is 1.85. The summed E-state index contributed by atoms with van der Waals surface area (Å²) in [5.41, 5.74) is 1.84. The third-order valence-corrected chi connectivity index (χ3v) is 4.79. The first kappa shape index (κ1) is 17.0. The lowest BCUT2D eigenvalue weighted by Gasteiger charge is -2.13. The van der Waals surface area contributed by atoms with E-state index >= 15 is 0 Å².